The second kappa shape index (κ2) is 4.94. The van der Waals surface area contributed by atoms with Crippen LogP contribution >= 0.6 is 12.2 Å². The third kappa shape index (κ3) is 2.94. The minimum atomic E-state index is 0.590. The summed E-state index contributed by atoms with van der Waals surface area (Å²) < 4.78 is 0. The van der Waals surface area contributed by atoms with E-state index in [0.717, 1.165) is 12.3 Å². The summed E-state index contributed by atoms with van der Waals surface area (Å²) in [5.41, 5.74) is 0. The molecule has 0 aromatic heterocycles. The molecule has 0 aromatic rings. The normalized spacial score (nSPS) is 24.2. The number of hydrogen-bond donors (Lipinski definition) is 0. The van der Waals surface area contributed by atoms with Gasteiger partial charge in [-0.15, -0.1) is 0 Å². The van der Waals surface area contributed by atoms with Crippen molar-refractivity contribution < 1.29 is 0 Å². The van der Waals surface area contributed by atoms with E-state index < -0.39 is 0 Å². The third-order valence-electron chi connectivity index (χ3n) is 2.86. The van der Waals surface area contributed by atoms with E-state index in [-0.39, 0.29) is 0 Å². The van der Waals surface area contributed by atoms with Gasteiger partial charge in [0.05, 0.1) is 4.99 Å². The number of thiocarbonyl (C=S) groups is 1. The van der Waals surface area contributed by atoms with Crippen LogP contribution in [0.5, 0.6) is 0 Å². The van der Waals surface area contributed by atoms with Crippen molar-refractivity contribution in [3.05, 3.63) is 0 Å². The van der Waals surface area contributed by atoms with Crippen molar-refractivity contribution in [2.45, 2.75) is 52.5 Å². The van der Waals surface area contributed by atoms with Gasteiger partial charge in [-0.05, 0) is 39.0 Å². The topological polar surface area (TPSA) is 3.24 Å². The van der Waals surface area contributed by atoms with Crippen LogP contribution in [-0.2, 0) is 0 Å². The molecular weight excluding hydrogens is 178 g/mol. The van der Waals surface area contributed by atoms with Crippen molar-refractivity contribution in [2.24, 2.45) is 5.92 Å². The number of nitrogens with zero attached hydrogens (tertiary/aromatic N) is 1. The van der Waals surface area contributed by atoms with Gasteiger partial charge in [0, 0.05) is 12.6 Å². The first-order valence-electron chi connectivity index (χ1n) is 5.44. The van der Waals surface area contributed by atoms with Crippen LogP contribution in [0.1, 0.15) is 46.5 Å². The molecule has 1 saturated heterocycles. The predicted molar refractivity (Wildman–Crippen MR) is 62.1 cm³/mol. The summed E-state index contributed by atoms with van der Waals surface area (Å²) in [6.45, 7) is 7.94. The van der Waals surface area contributed by atoms with Gasteiger partial charge in [0.1, 0.15) is 0 Å². The van der Waals surface area contributed by atoms with E-state index in [1.165, 1.54) is 30.8 Å². The quantitative estimate of drug-likeness (QED) is 0.642. The lowest BCUT2D eigenvalue weighted by Crippen LogP contribution is -2.43. The Morgan fingerprint density at radius 3 is 2.77 bits per heavy atom. The zero-order valence-electron chi connectivity index (χ0n) is 9.05. The second-order valence-electron chi connectivity index (χ2n) is 4.33. The van der Waals surface area contributed by atoms with Crippen LogP contribution < -0.4 is 0 Å². The summed E-state index contributed by atoms with van der Waals surface area (Å²) >= 11 is 5.37. The first-order valence-corrected chi connectivity index (χ1v) is 5.85. The molecule has 0 amide bonds. The zero-order chi connectivity index (χ0) is 9.84. The number of hydrogen-bond acceptors (Lipinski definition) is 1. The SMILES string of the molecule is CCCC1CCC(=S)N(C(C)C)C1. The van der Waals surface area contributed by atoms with Crippen molar-refractivity contribution in [1.82, 2.24) is 4.90 Å². The Morgan fingerprint density at radius 2 is 2.23 bits per heavy atom. The van der Waals surface area contributed by atoms with E-state index in [9.17, 15) is 0 Å². The van der Waals surface area contributed by atoms with Gasteiger partial charge < -0.3 is 4.90 Å². The molecule has 1 fully saturated rings. The fraction of sp³-hybridized carbons (Fsp3) is 0.909. The fourth-order valence-corrected chi connectivity index (χ4v) is 2.49. The molecule has 1 aliphatic heterocycles. The molecule has 2 heteroatoms. The lowest BCUT2D eigenvalue weighted by atomic mass is 9.93. The number of rotatable bonds is 3. The highest BCUT2D eigenvalue weighted by atomic mass is 32.1. The summed E-state index contributed by atoms with van der Waals surface area (Å²) in [7, 11) is 0. The molecule has 0 bridgehead atoms. The largest absolute Gasteiger partial charge is 0.363 e. The molecule has 1 aliphatic rings. The van der Waals surface area contributed by atoms with E-state index in [1.54, 1.807) is 0 Å². The second-order valence-corrected chi connectivity index (χ2v) is 4.80. The Hall–Kier alpha value is -0.110. The van der Waals surface area contributed by atoms with Crippen molar-refractivity contribution in [2.75, 3.05) is 6.54 Å². The highest BCUT2D eigenvalue weighted by Gasteiger charge is 2.23. The average Bonchev–Trinajstić information content (AvgIpc) is 2.08. The smallest absolute Gasteiger partial charge is 0.0781 e. The molecule has 1 nitrogen and oxygen atoms in total. The monoisotopic (exact) mass is 199 g/mol. The first kappa shape index (κ1) is 11.0. The molecule has 1 rings (SSSR count). The highest BCUT2D eigenvalue weighted by molar-refractivity contribution is 7.80. The zero-order valence-corrected chi connectivity index (χ0v) is 9.86. The number of likely N-dealkylation sites (tertiary alicyclic amines) is 1. The summed E-state index contributed by atoms with van der Waals surface area (Å²) in [5.74, 6) is 0.888. The van der Waals surface area contributed by atoms with E-state index in [1.807, 2.05) is 0 Å². The molecule has 1 atom stereocenters. The molecule has 0 radical (unpaired) electrons. The van der Waals surface area contributed by atoms with Crippen LogP contribution in [0, 0.1) is 5.92 Å². The lowest BCUT2D eigenvalue weighted by molar-refractivity contribution is 0.246. The van der Waals surface area contributed by atoms with Gasteiger partial charge in [0.2, 0.25) is 0 Å². The highest BCUT2D eigenvalue weighted by Crippen LogP contribution is 2.23. The molecule has 0 spiro atoms. The van der Waals surface area contributed by atoms with Crippen LogP contribution in [0.3, 0.4) is 0 Å². The van der Waals surface area contributed by atoms with Crippen molar-refractivity contribution >= 4 is 17.2 Å². The van der Waals surface area contributed by atoms with Crippen molar-refractivity contribution in [3.8, 4) is 0 Å². The summed E-state index contributed by atoms with van der Waals surface area (Å²) in [5, 5.41) is 0. The lowest BCUT2D eigenvalue weighted by Gasteiger charge is -2.37. The minimum Gasteiger partial charge on any atom is -0.363 e. The molecule has 0 aliphatic carbocycles. The van der Waals surface area contributed by atoms with Crippen LogP contribution in [0.2, 0.25) is 0 Å². The van der Waals surface area contributed by atoms with Gasteiger partial charge >= 0.3 is 0 Å². The van der Waals surface area contributed by atoms with Crippen LogP contribution in [0.4, 0.5) is 0 Å². The Balaban J connectivity index is 2.48. The van der Waals surface area contributed by atoms with Gasteiger partial charge in [0.25, 0.3) is 0 Å². The summed E-state index contributed by atoms with van der Waals surface area (Å²) in [4.78, 5) is 3.58. The maximum atomic E-state index is 5.37. The van der Waals surface area contributed by atoms with E-state index in [4.69, 9.17) is 12.2 Å². The van der Waals surface area contributed by atoms with E-state index >= 15 is 0 Å². The Bertz CT molecular complexity index is 177. The summed E-state index contributed by atoms with van der Waals surface area (Å²) in [6.07, 6.45) is 5.13. The predicted octanol–water partition coefficient (Wildman–Crippen LogP) is 3.23. The maximum absolute atomic E-state index is 5.37. The Labute approximate surface area is 87.5 Å². The minimum absolute atomic E-state index is 0.590. The first-order chi connectivity index (χ1) is 6.15. The van der Waals surface area contributed by atoms with Gasteiger partial charge in [-0.2, -0.15) is 0 Å². The van der Waals surface area contributed by atoms with Gasteiger partial charge in [-0.25, -0.2) is 0 Å². The molecule has 1 heterocycles. The van der Waals surface area contributed by atoms with Gasteiger partial charge in [0.15, 0.2) is 0 Å². The molecule has 0 aromatic carbocycles. The van der Waals surface area contributed by atoms with Crippen LogP contribution in [-0.4, -0.2) is 22.5 Å². The molecule has 1 unspecified atom stereocenters. The van der Waals surface area contributed by atoms with Crippen molar-refractivity contribution in [3.63, 3.8) is 0 Å². The average molecular weight is 199 g/mol. The fourth-order valence-electron chi connectivity index (χ4n) is 2.09. The number of piperidine rings is 1. The van der Waals surface area contributed by atoms with Crippen LogP contribution in [0.15, 0.2) is 0 Å². The standard InChI is InChI=1S/C11H21NS/c1-4-5-10-6-7-11(13)12(8-10)9(2)3/h9-10H,4-8H2,1-3H3. The van der Waals surface area contributed by atoms with Gasteiger partial charge in [-0.3, -0.25) is 0 Å². The molecule has 13 heavy (non-hydrogen) atoms. The Kier molecular flexibility index (Phi) is 4.17. The van der Waals surface area contributed by atoms with Crippen LogP contribution in [0.25, 0.3) is 0 Å². The van der Waals surface area contributed by atoms with Crippen molar-refractivity contribution in [1.29, 1.82) is 0 Å². The van der Waals surface area contributed by atoms with Gasteiger partial charge in [-0.1, -0.05) is 25.6 Å². The third-order valence-corrected chi connectivity index (χ3v) is 3.30. The summed E-state index contributed by atoms with van der Waals surface area (Å²) in [6, 6.07) is 0.590. The van der Waals surface area contributed by atoms with E-state index in [0.29, 0.717) is 6.04 Å². The molecule has 0 saturated carbocycles. The maximum Gasteiger partial charge on any atom is 0.0781 e. The molecular formula is C11H21NS. The Morgan fingerprint density at radius 1 is 1.54 bits per heavy atom. The molecule has 76 valence electrons. The molecule has 0 N–H and O–H groups in total. The van der Waals surface area contributed by atoms with E-state index in [2.05, 4.69) is 25.7 Å².